The highest BCUT2D eigenvalue weighted by Crippen LogP contribution is 2.33. The highest BCUT2D eigenvalue weighted by molar-refractivity contribution is 6.30. The molecule has 7 heteroatoms. The largest absolute Gasteiger partial charge is 0.481 e. The predicted octanol–water partition coefficient (Wildman–Crippen LogP) is 3.59. The minimum Gasteiger partial charge on any atom is -0.481 e. The molecule has 0 aliphatic heterocycles. The van der Waals surface area contributed by atoms with Gasteiger partial charge in [0.2, 0.25) is 5.91 Å². The molecule has 1 aromatic heterocycles. The molecule has 1 aromatic carbocycles. The molecular weight excluding hydrogens is 366 g/mol. The summed E-state index contributed by atoms with van der Waals surface area (Å²) >= 11 is 5.95. The number of carbonyl (C=O) groups excluding carboxylic acids is 1. The molecule has 2 N–H and O–H groups in total. The molecule has 1 saturated carbocycles. The third-order valence-electron chi connectivity index (χ3n) is 5.30. The molecule has 1 fully saturated rings. The molecular formula is C20H24ClN3O3. The van der Waals surface area contributed by atoms with Crippen LogP contribution in [0.3, 0.4) is 0 Å². The lowest BCUT2D eigenvalue weighted by Gasteiger charge is -2.28. The second-order valence-corrected chi connectivity index (χ2v) is 7.76. The number of aliphatic carboxylic acids is 1. The molecule has 0 unspecified atom stereocenters. The van der Waals surface area contributed by atoms with Gasteiger partial charge in [-0.25, -0.2) is 4.68 Å². The molecule has 0 atom stereocenters. The van der Waals surface area contributed by atoms with Crippen LogP contribution in [-0.4, -0.2) is 32.3 Å². The second kappa shape index (κ2) is 7.72. The average Bonchev–Trinajstić information content (AvgIpc) is 3.14. The Morgan fingerprint density at radius 3 is 2.44 bits per heavy atom. The third kappa shape index (κ3) is 4.33. The minimum atomic E-state index is -0.875. The monoisotopic (exact) mass is 389 g/mol. The summed E-state index contributed by atoms with van der Waals surface area (Å²) in [5.41, 5.74) is 2.81. The van der Waals surface area contributed by atoms with Crippen LogP contribution in [0.1, 0.15) is 49.1 Å². The Morgan fingerprint density at radius 2 is 1.85 bits per heavy atom. The third-order valence-corrected chi connectivity index (χ3v) is 5.56. The van der Waals surface area contributed by atoms with E-state index in [2.05, 4.69) is 10.4 Å². The summed E-state index contributed by atoms with van der Waals surface area (Å²) in [5, 5.41) is 17.4. The highest BCUT2D eigenvalue weighted by atomic mass is 35.5. The molecule has 1 amide bonds. The van der Waals surface area contributed by atoms with Gasteiger partial charge >= 0.3 is 5.97 Å². The highest BCUT2D eigenvalue weighted by Gasteiger charge is 2.37. The molecule has 1 heterocycles. The van der Waals surface area contributed by atoms with E-state index in [4.69, 9.17) is 11.6 Å². The maximum absolute atomic E-state index is 12.7. The van der Waals surface area contributed by atoms with Gasteiger partial charge in [-0.3, -0.25) is 9.59 Å². The van der Waals surface area contributed by atoms with Gasteiger partial charge in [-0.1, -0.05) is 24.4 Å². The Bertz CT molecular complexity index is 852. The van der Waals surface area contributed by atoms with Crippen LogP contribution >= 0.6 is 11.6 Å². The van der Waals surface area contributed by atoms with E-state index in [1.807, 2.05) is 26.0 Å². The number of nitrogens with zero attached hydrogens (tertiary/aromatic N) is 2. The number of rotatable bonds is 6. The first kappa shape index (κ1) is 19.4. The summed E-state index contributed by atoms with van der Waals surface area (Å²) in [6.07, 6.45) is 3.48. The number of benzene rings is 1. The van der Waals surface area contributed by atoms with Crippen LogP contribution in [0, 0.1) is 13.8 Å². The lowest BCUT2D eigenvalue weighted by molar-refractivity contribution is -0.139. The number of aromatic nitrogens is 2. The number of carbonyl (C=O) groups is 2. The zero-order valence-electron chi connectivity index (χ0n) is 15.6. The number of aryl methyl sites for hydroxylation is 1. The van der Waals surface area contributed by atoms with E-state index in [-0.39, 0.29) is 18.7 Å². The Kier molecular flexibility index (Phi) is 5.56. The van der Waals surface area contributed by atoms with Crippen molar-refractivity contribution in [1.82, 2.24) is 15.1 Å². The first-order valence-electron chi connectivity index (χ1n) is 9.13. The molecule has 0 radical (unpaired) electrons. The van der Waals surface area contributed by atoms with E-state index in [9.17, 15) is 14.7 Å². The Hall–Kier alpha value is -2.34. The van der Waals surface area contributed by atoms with Crippen molar-refractivity contribution in [3.63, 3.8) is 0 Å². The van der Waals surface area contributed by atoms with E-state index in [0.717, 1.165) is 35.5 Å². The maximum atomic E-state index is 12.7. The van der Waals surface area contributed by atoms with Gasteiger partial charge in [0.05, 0.1) is 29.8 Å². The van der Waals surface area contributed by atoms with Crippen molar-refractivity contribution in [2.45, 2.75) is 57.9 Å². The molecule has 0 spiro atoms. The van der Waals surface area contributed by atoms with Gasteiger partial charge in [-0.15, -0.1) is 0 Å². The van der Waals surface area contributed by atoms with Gasteiger partial charge < -0.3 is 10.4 Å². The van der Waals surface area contributed by atoms with E-state index in [0.29, 0.717) is 17.9 Å². The van der Waals surface area contributed by atoms with Crippen LogP contribution in [0.4, 0.5) is 0 Å². The molecule has 1 aliphatic rings. The number of nitrogens with one attached hydrogen (secondary N) is 1. The quantitative estimate of drug-likeness (QED) is 0.790. The molecule has 2 aromatic rings. The molecule has 1 aliphatic carbocycles. The van der Waals surface area contributed by atoms with Gasteiger partial charge in [0, 0.05) is 16.3 Å². The molecule has 0 bridgehead atoms. The fourth-order valence-electron chi connectivity index (χ4n) is 3.95. The SMILES string of the molecule is Cc1nn(-c2ccc(Cl)cc2)c(C)c1CC(=O)NC1(CC(=O)O)CCCC1. The summed E-state index contributed by atoms with van der Waals surface area (Å²) in [5.74, 6) is -1.03. The van der Waals surface area contributed by atoms with E-state index >= 15 is 0 Å². The van der Waals surface area contributed by atoms with Crippen molar-refractivity contribution < 1.29 is 14.7 Å². The first-order valence-corrected chi connectivity index (χ1v) is 9.51. The number of hydrogen-bond donors (Lipinski definition) is 2. The summed E-state index contributed by atoms with van der Waals surface area (Å²) < 4.78 is 1.80. The molecule has 3 rings (SSSR count). The van der Waals surface area contributed by atoms with Crippen molar-refractivity contribution in [2.24, 2.45) is 0 Å². The van der Waals surface area contributed by atoms with Crippen molar-refractivity contribution in [1.29, 1.82) is 0 Å². The molecule has 144 valence electrons. The lowest BCUT2D eigenvalue weighted by Crippen LogP contribution is -2.48. The van der Waals surface area contributed by atoms with E-state index in [1.54, 1.807) is 16.8 Å². The van der Waals surface area contributed by atoms with Crippen LogP contribution < -0.4 is 5.32 Å². The van der Waals surface area contributed by atoms with Crippen LogP contribution in [-0.2, 0) is 16.0 Å². The predicted molar refractivity (Wildman–Crippen MR) is 103 cm³/mol. The second-order valence-electron chi connectivity index (χ2n) is 7.32. The lowest BCUT2D eigenvalue weighted by atomic mass is 9.92. The van der Waals surface area contributed by atoms with Gasteiger partial charge in [0.15, 0.2) is 0 Å². The number of carboxylic acids is 1. The van der Waals surface area contributed by atoms with Crippen LogP contribution in [0.5, 0.6) is 0 Å². The maximum Gasteiger partial charge on any atom is 0.305 e. The topological polar surface area (TPSA) is 84.2 Å². The van der Waals surface area contributed by atoms with Crippen LogP contribution in [0.25, 0.3) is 5.69 Å². The van der Waals surface area contributed by atoms with Gasteiger partial charge in [0.25, 0.3) is 0 Å². The number of halogens is 1. The van der Waals surface area contributed by atoms with Crippen molar-refractivity contribution in [2.75, 3.05) is 0 Å². The average molecular weight is 390 g/mol. The van der Waals surface area contributed by atoms with Crippen LogP contribution in [0.15, 0.2) is 24.3 Å². The zero-order chi connectivity index (χ0) is 19.6. The minimum absolute atomic E-state index is 0.0270. The molecule has 6 nitrogen and oxygen atoms in total. The van der Waals surface area contributed by atoms with Crippen molar-refractivity contribution in [3.8, 4) is 5.69 Å². The normalized spacial score (nSPS) is 15.7. The van der Waals surface area contributed by atoms with E-state index in [1.165, 1.54) is 0 Å². The Labute approximate surface area is 163 Å². The van der Waals surface area contributed by atoms with E-state index < -0.39 is 11.5 Å². The Balaban J connectivity index is 1.78. The number of hydrogen-bond acceptors (Lipinski definition) is 3. The number of carboxylic acid groups (broad SMARTS) is 1. The first-order chi connectivity index (χ1) is 12.8. The summed E-state index contributed by atoms with van der Waals surface area (Å²) in [7, 11) is 0. The van der Waals surface area contributed by atoms with Gasteiger partial charge in [0.1, 0.15) is 0 Å². The zero-order valence-corrected chi connectivity index (χ0v) is 16.3. The van der Waals surface area contributed by atoms with Gasteiger partial charge in [-0.2, -0.15) is 5.10 Å². The fourth-order valence-corrected chi connectivity index (χ4v) is 4.08. The molecule has 0 saturated heterocycles. The fraction of sp³-hybridized carbons (Fsp3) is 0.450. The Morgan fingerprint density at radius 1 is 1.22 bits per heavy atom. The smallest absolute Gasteiger partial charge is 0.305 e. The van der Waals surface area contributed by atoms with Crippen molar-refractivity contribution in [3.05, 3.63) is 46.2 Å². The van der Waals surface area contributed by atoms with Gasteiger partial charge in [-0.05, 0) is 51.0 Å². The standard InChI is InChI=1S/C20H24ClN3O3/c1-13-17(14(2)24(23-13)16-7-5-15(21)6-8-16)11-18(25)22-20(12-19(26)27)9-3-4-10-20/h5-8H,3-4,9-12H2,1-2H3,(H,22,25)(H,26,27). The number of amides is 1. The molecule has 27 heavy (non-hydrogen) atoms. The summed E-state index contributed by atoms with van der Waals surface area (Å²) in [4.78, 5) is 23.9. The van der Waals surface area contributed by atoms with Crippen LogP contribution in [0.2, 0.25) is 5.02 Å². The summed E-state index contributed by atoms with van der Waals surface area (Å²) in [6, 6.07) is 7.36. The van der Waals surface area contributed by atoms with Crippen molar-refractivity contribution >= 4 is 23.5 Å². The summed E-state index contributed by atoms with van der Waals surface area (Å²) in [6.45, 7) is 3.81.